The van der Waals surface area contributed by atoms with E-state index in [1.54, 1.807) is 12.1 Å². The van der Waals surface area contributed by atoms with E-state index in [4.69, 9.17) is 4.74 Å². The van der Waals surface area contributed by atoms with Gasteiger partial charge in [-0.05, 0) is 24.6 Å². The third-order valence-electron chi connectivity index (χ3n) is 3.13. The minimum atomic E-state index is -1.07. The van der Waals surface area contributed by atoms with Crippen molar-refractivity contribution in [1.82, 2.24) is 5.32 Å². The third-order valence-corrected chi connectivity index (χ3v) is 3.13. The Labute approximate surface area is 137 Å². The number of benzene rings is 2. The van der Waals surface area contributed by atoms with Gasteiger partial charge < -0.3 is 15.4 Å². The van der Waals surface area contributed by atoms with Crippen molar-refractivity contribution in [1.29, 1.82) is 0 Å². The van der Waals surface area contributed by atoms with Gasteiger partial charge in [0, 0.05) is 11.8 Å². The highest BCUT2D eigenvalue weighted by Gasteiger charge is 2.17. The average Bonchev–Trinajstić information content (AvgIpc) is 2.57. The molecule has 5 nitrogen and oxygen atoms in total. The first-order chi connectivity index (χ1) is 11.5. The highest BCUT2D eigenvalue weighted by atomic mass is 19.2. The molecule has 0 fully saturated rings. The molecule has 0 aliphatic heterocycles. The van der Waals surface area contributed by atoms with Crippen molar-refractivity contribution in [2.75, 3.05) is 5.32 Å². The molecule has 126 valence electrons. The van der Waals surface area contributed by atoms with Gasteiger partial charge in [-0.2, -0.15) is 0 Å². The van der Waals surface area contributed by atoms with Crippen LogP contribution in [-0.2, 0) is 16.1 Å². The summed E-state index contributed by atoms with van der Waals surface area (Å²) in [5.41, 5.74) is 0.900. The number of hydrogen-bond donors (Lipinski definition) is 2. The summed E-state index contributed by atoms with van der Waals surface area (Å²) >= 11 is 0. The lowest BCUT2D eigenvalue weighted by Gasteiger charge is -2.14. The minimum absolute atomic E-state index is 0.0736. The fourth-order valence-electron chi connectivity index (χ4n) is 1.83. The van der Waals surface area contributed by atoms with Crippen molar-refractivity contribution in [2.24, 2.45) is 0 Å². The van der Waals surface area contributed by atoms with Gasteiger partial charge in [-0.1, -0.05) is 30.3 Å². The Bertz CT molecular complexity index is 723. The van der Waals surface area contributed by atoms with Gasteiger partial charge in [-0.25, -0.2) is 13.6 Å². The summed E-state index contributed by atoms with van der Waals surface area (Å²) in [5.74, 6) is -2.67. The van der Waals surface area contributed by atoms with Gasteiger partial charge >= 0.3 is 6.09 Å². The first-order valence-electron chi connectivity index (χ1n) is 7.19. The second kappa shape index (κ2) is 8.05. The maximum Gasteiger partial charge on any atom is 0.408 e. The van der Waals surface area contributed by atoms with E-state index in [-0.39, 0.29) is 12.3 Å². The number of hydrogen-bond acceptors (Lipinski definition) is 3. The molecule has 0 unspecified atom stereocenters. The number of ether oxygens (including phenoxy) is 1. The van der Waals surface area contributed by atoms with E-state index in [1.807, 2.05) is 18.2 Å². The van der Waals surface area contributed by atoms with Crippen LogP contribution in [0.3, 0.4) is 0 Å². The average molecular weight is 334 g/mol. The van der Waals surface area contributed by atoms with Crippen molar-refractivity contribution >= 4 is 17.7 Å². The fraction of sp³-hybridized carbons (Fsp3) is 0.176. The van der Waals surface area contributed by atoms with E-state index in [9.17, 15) is 18.4 Å². The van der Waals surface area contributed by atoms with Gasteiger partial charge in [0.15, 0.2) is 11.6 Å². The van der Waals surface area contributed by atoms with Crippen LogP contribution in [0.4, 0.5) is 19.3 Å². The zero-order chi connectivity index (χ0) is 17.5. The van der Waals surface area contributed by atoms with Crippen molar-refractivity contribution in [3.63, 3.8) is 0 Å². The maximum atomic E-state index is 13.1. The van der Waals surface area contributed by atoms with Gasteiger partial charge in [0.25, 0.3) is 0 Å². The molecule has 7 heteroatoms. The SMILES string of the molecule is C[C@H](NC(=O)OCc1ccccc1)C(=O)Nc1ccc(F)c(F)c1. The smallest absolute Gasteiger partial charge is 0.408 e. The fourth-order valence-corrected chi connectivity index (χ4v) is 1.83. The van der Waals surface area contributed by atoms with E-state index in [0.717, 1.165) is 17.7 Å². The summed E-state index contributed by atoms with van der Waals surface area (Å²) < 4.78 is 30.9. The summed E-state index contributed by atoms with van der Waals surface area (Å²) in [5, 5.41) is 4.73. The van der Waals surface area contributed by atoms with Gasteiger partial charge in [0.05, 0.1) is 0 Å². The van der Waals surface area contributed by atoms with Gasteiger partial charge in [-0.3, -0.25) is 4.79 Å². The molecule has 24 heavy (non-hydrogen) atoms. The highest BCUT2D eigenvalue weighted by molar-refractivity contribution is 5.96. The maximum absolute atomic E-state index is 13.1. The van der Waals surface area contributed by atoms with Crippen LogP contribution >= 0.6 is 0 Å². The van der Waals surface area contributed by atoms with Crippen molar-refractivity contribution in [2.45, 2.75) is 19.6 Å². The summed E-state index contributed by atoms with van der Waals surface area (Å²) in [4.78, 5) is 23.6. The summed E-state index contributed by atoms with van der Waals surface area (Å²) in [6.07, 6.45) is -0.758. The van der Waals surface area contributed by atoms with Crippen LogP contribution in [0, 0.1) is 11.6 Å². The van der Waals surface area contributed by atoms with Crippen LogP contribution in [0.2, 0.25) is 0 Å². The van der Waals surface area contributed by atoms with Gasteiger partial charge in [0.2, 0.25) is 5.91 Å². The van der Waals surface area contributed by atoms with Crippen molar-refractivity contribution in [3.05, 3.63) is 65.7 Å². The van der Waals surface area contributed by atoms with Crippen LogP contribution < -0.4 is 10.6 Å². The number of carbonyl (C=O) groups is 2. The lowest BCUT2D eigenvalue weighted by molar-refractivity contribution is -0.117. The van der Waals surface area contributed by atoms with E-state index in [0.29, 0.717) is 0 Å². The first-order valence-corrected chi connectivity index (χ1v) is 7.19. The minimum Gasteiger partial charge on any atom is -0.445 e. The molecule has 0 radical (unpaired) electrons. The number of alkyl carbamates (subject to hydrolysis) is 1. The summed E-state index contributed by atoms with van der Waals surface area (Å²) in [6.45, 7) is 1.52. The Hall–Kier alpha value is -2.96. The van der Waals surface area contributed by atoms with E-state index in [2.05, 4.69) is 10.6 Å². The number of rotatable bonds is 5. The van der Waals surface area contributed by atoms with Gasteiger partial charge in [0.1, 0.15) is 12.6 Å². The molecule has 0 bridgehead atoms. The molecule has 0 spiro atoms. The van der Waals surface area contributed by atoms with Crippen LogP contribution in [0.1, 0.15) is 12.5 Å². The zero-order valence-corrected chi connectivity index (χ0v) is 12.9. The molecule has 2 rings (SSSR count). The first kappa shape index (κ1) is 17.4. The molecule has 0 saturated carbocycles. The standard InChI is InChI=1S/C17H16F2N2O3/c1-11(16(22)21-13-7-8-14(18)15(19)9-13)20-17(23)24-10-12-5-3-2-4-6-12/h2-9,11H,10H2,1H3,(H,20,23)(H,21,22)/t11-/m0/s1. The van der Waals surface area contributed by atoms with E-state index < -0.39 is 29.7 Å². The van der Waals surface area contributed by atoms with Gasteiger partial charge in [-0.15, -0.1) is 0 Å². The quantitative estimate of drug-likeness (QED) is 0.882. The monoisotopic (exact) mass is 334 g/mol. The molecular weight excluding hydrogens is 318 g/mol. The molecule has 2 N–H and O–H groups in total. The van der Waals surface area contributed by atoms with Crippen LogP contribution in [0.5, 0.6) is 0 Å². The summed E-state index contributed by atoms with van der Waals surface area (Å²) in [7, 11) is 0. The predicted molar refractivity (Wildman–Crippen MR) is 84.2 cm³/mol. The molecule has 2 aromatic rings. The molecule has 2 amide bonds. The largest absolute Gasteiger partial charge is 0.445 e. The number of halogens is 2. The van der Waals surface area contributed by atoms with Crippen molar-refractivity contribution < 1.29 is 23.1 Å². The Morgan fingerprint density at radius 2 is 1.79 bits per heavy atom. The lowest BCUT2D eigenvalue weighted by atomic mass is 10.2. The number of carbonyl (C=O) groups excluding carboxylic acids is 2. The Balaban J connectivity index is 1.82. The van der Waals surface area contributed by atoms with E-state index >= 15 is 0 Å². The predicted octanol–water partition coefficient (Wildman–Crippen LogP) is 3.22. The normalized spacial score (nSPS) is 11.5. The van der Waals surface area contributed by atoms with Crippen LogP contribution in [-0.4, -0.2) is 18.0 Å². The number of nitrogens with one attached hydrogen (secondary N) is 2. The Morgan fingerprint density at radius 3 is 2.46 bits per heavy atom. The molecule has 2 aromatic carbocycles. The van der Waals surface area contributed by atoms with Crippen LogP contribution in [0.15, 0.2) is 48.5 Å². The Morgan fingerprint density at radius 1 is 1.08 bits per heavy atom. The molecule has 0 saturated heterocycles. The van der Waals surface area contributed by atoms with E-state index in [1.165, 1.54) is 13.0 Å². The molecule has 0 aliphatic rings. The van der Waals surface area contributed by atoms with Crippen LogP contribution in [0.25, 0.3) is 0 Å². The van der Waals surface area contributed by atoms with Crippen molar-refractivity contribution in [3.8, 4) is 0 Å². The summed E-state index contributed by atoms with van der Waals surface area (Å²) in [6, 6.07) is 11.1. The molecule has 0 aromatic heterocycles. The lowest BCUT2D eigenvalue weighted by Crippen LogP contribution is -2.41. The molecule has 0 aliphatic carbocycles. The molecule has 1 atom stereocenters. The molecule has 0 heterocycles. The third kappa shape index (κ3) is 5.05. The number of amides is 2. The second-order valence-corrected chi connectivity index (χ2v) is 5.05. The highest BCUT2D eigenvalue weighted by Crippen LogP contribution is 2.13. The second-order valence-electron chi connectivity index (χ2n) is 5.05. The number of anilines is 1. The molecular formula is C17H16F2N2O3. The Kier molecular flexibility index (Phi) is 5.83. The zero-order valence-electron chi connectivity index (χ0n) is 12.9. The topological polar surface area (TPSA) is 67.4 Å².